The second-order valence-corrected chi connectivity index (χ2v) is 4.15. The van der Waals surface area contributed by atoms with Crippen LogP contribution < -0.4 is 5.32 Å². The number of nitrogens with one attached hydrogen (secondary N) is 1. The maximum atomic E-state index is 11.6. The zero-order chi connectivity index (χ0) is 12.0. The Bertz CT molecular complexity index is 370. The molecular weight excluding hydrogens is 245 g/mol. The molecule has 2 nitrogen and oxygen atoms in total. The Morgan fingerprint density at radius 1 is 1.38 bits per heavy atom. The highest BCUT2D eigenvalue weighted by molar-refractivity contribution is 6.36. The fraction of sp³-hybridized carbons (Fsp3) is 0.250. The molecule has 4 heteroatoms. The summed E-state index contributed by atoms with van der Waals surface area (Å²) in [6.07, 6.45) is 1.96. The molecule has 0 radical (unpaired) electrons. The summed E-state index contributed by atoms with van der Waals surface area (Å²) in [4.78, 5) is 11.6. The van der Waals surface area contributed by atoms with E-state index in [-0.39, 0.29) is 12.2 Å². The number of carbonyl (C=O) groups excluding carboxylic acids is 1. The zero-order valence-corrected chi connectivity index (χ0v) is 10.3. The highest BCUT2D eigenvalue weighted by atomic mass is 35.5. The van der Waals surface area contributed by atoms with Crippen molar-refractivity contribution in [3.05, 3.63) is 46.5 Å². The van der Waals surface area contributed by atoms with E-state index in [0.717, 1.165) is 0 Å². The van der Waals surface area contributed by atoms with Gasteiger partial charge >= 0.3 is 0 Å². The molecule has 1 rings (SSSR count). The van der Waals surface area contributed by atoms with Crippen molar-refractivity contribution in [2.75, 3.05) is 13.1 Å². The predicted octanol–water partition coefficient (Wildman–Crippen LogP) is 2.88. The maximum Gasteiger partial charge on any atom is 0.151 e. The maximum absolute atomic E-state index is 11.6. The van der Waals surface area contributed by atoms with Crippen LogP contribution >= 0.6 is 23.2 Å². The van der Waals surface area contributed by atoms with Gasteiger partial charge in [-0.15, -0.1) is 6.58 Å². The van der Waals surface area contributed by atoms with Crippen LogP contribution in [-0.4, -0.2) is 18.9 Å². The standard InChI is InChI=1S/C12H13Cl2NO/c1-2-6-15-8-9(16)7-10-11(13)4-3-5-12(10)14/h2-5,15H,1,6-8H2. The summed E-state index contributed by atoms with van der Waals surface area (Å²) in [5.41, 5.74) is 0.691. The molecule has 0 bridgehead atoms. The second-order valence-electron chi connectivity index (χ2n) is 3.34. The van der Waals surface area contributed by atoms with Crippen LogP contribution in [0.4, 0.5) is 0 Å². The largest absolute Gasteiger partial charge is 0.307 e. The Morgan fingerprint density at radius 2 is 2.00 bits per heavy atom. The molecule has 1 N–H and O–H groups in total. The van der Waals surface area contributed by atoms with Crippen molar-refractivity contribution in [2.45, 2.75) is 6.42 Å². The summed E-state index contributed by atoms with van der Waals surface area (Å²) in [5, 5.41) is 4.00. The number of ketones is 1. The Balaban J connectivity index is 2.59. The quantitative estimate of drug-likeness (QED) is 0.628. The third kappa shape index (κ3) is 3.97. The fourth-order valence-electron chi connectivity index (χ4n) is 1.27. The SMILES string of the molecule is C=CCNCC(=O)Cc1c(Cl)cccc1Cl. The normalized spacial score (nSPS) is 10.1. The summed E-state index contributed by atoms with van der Waals surface area (Å²) in [6.45, 7) is 4.47. The van der Waals surface area contributed by atoms with Gasteiger partial charge in [0, 0.05) is 23.0 Å². The minimum atomic E-state index is 0.0526. The van der Waals surface area contributed by atoms with Crippen LogP contribution in [0.15, 0.2) is 30.9 Å². The molecule has 0 saturated heterocycles. The van der Waals surface area contributed by atoms with Gasteiger partial charge < -0.3 is 5.32 Å². The van der Waals surface area contributed by atoms with Gasteiger partial charge in [-0.1, -0.05) is 35.3 Å². The average molecular weight is 258 g/mol. The van der Waals surface area contributed by atoms with Gasteiger partial charge in [-0.2, -0.15) is 0 Å². The number of Topliss-reactive ketones (excluding diaryl/α,β-unsaturated/α-hetero) is 1. The van der Waals surface area contributed by atoms with Gasteiger partial charge in [0.1, 0.15) is 0 Å². The lowest BCUT2D eigenvalue weighted by molar-refractivity contribution is -0.117. The molecule has 0 spiro atoms. The van der Waals surface area contributed by atoms with Crippen LogP contribution in [0, 0.1) is 0 Å². The zero-order valence-electron chi connectivity index (χ0n) is 8.80. The minimum Gasteiger partial charge on any atom is -0.307 e. The molecule has 0 fully saturated rings. The Hall–Kier alpha value is -0.830. The van der Waals surface area contributed by atoms with Gasteiger partial charge in [-0.05, 0) is 17.7 Å². The van der Waals surface area contributed by atoms with Crippen LogP contribution in [0.2, 0.25) is 10.0 Å². The number of carbonyl (C=O) groups is 1. The van der Waals surface area contributed by atoms with Crippen LogP contribution in [-0.2, 0) is 11.2 Å². The summed E-state index contributed by atoms with van der Waals surface area (Å²) < 4.78 is 0. The van der Waals surface area contributed by atoms with Crippen LogP contribution in [0.5, 0.6) is 0 Å². The van der Waals surface area contributed by atoms with Gasteiger partial charge in [0.25, 0.3) is 0 Å². The first-order valence-corrected chi connectivity index (χ1v) is 5.67. The van der Waals surface area contributed by atoms with E-state index in [1.807, 2.05) is 0 Å². The molecule has 0 aromatic heterocycles. The summed E-state index contributed by atoms with van der Waals surface area (Å²) in [5.74, 6) is 0.0526. The first-order valence-electron chi connectivity index (χ1n) is 4.91. The Morgan fingerprint density at radius 3 is 2.56 bits per heavy atom. The smallest absolute Gasteiger partial charge is 0.151 e. The molecule has 0 heterocycles. The molecule has 0 atom stereocenters. The molecule has 86 valence electrons. The highest BCUT2D eigenvalue weighted by Crippen LogP contribution is 2.24. The molecule has 0 saturated carbocycles. The molecule has 0 unspecified atom stereocenters. The van der Waals surface area contributed by atoms with Crippen LogP contribution in [0.25, 0.3) is 0 Å². The van der Waals surface area contributed by atoms with E-state index < -0.39 is 0 Å². The fourth-order valence-corrected chi connectivity index (χ4v) is 1.81. The van der Waals surface area contributed by atoms with E-state index in [1.54, 1.807) is 24.3 Å². The van der Waals surface area contributed by atoms with Gasteiger partial charge in [0.05, 0.1) is 6.54 Å². The monoisotopic (exact) mass is 257 g/mol. The summed E-state index contributed by atoms with van der Waals surface area (Å²) >= 11 is 11.9. The van der Waals surface area contributed by atoms with Crippen molar-refractivity contribution in [3.8, 4) is 0 Å². The predicted molar refractivity (Wildman–Crippen MR) is 68.2 cm³/mol. The molecular formula is C12H13Cl2NO. The Kier molecular flexibility index (Phi) is 5.53. The van der Waals surface area contributed by atoms with E-state index in [9.17, 15) is 4.79 Å². The number of halogens is 2. The van der Waals surface area contributed by atoms with Crippen molar-refractivity contribution < 1.29 is 4.79 Å². The molecule has 0 aliphatic carbocycles. The third-order valence-corrected chi connectivity index (χ3v) is 2.75. The Labute approximate surface area is 105 Å². The van der Waals surface area contributed by atoms with E-state index in [1.165, 1.54) is 0 Å². The highest BCUT2D eigenvalue weighted by Gasteiger charge is 2.09. The van der Waals surface area contributed by atoms with E-state index in [0.29, 0.717) is 28.7 Å². The van der Waals surface area contributed by atoms with Crippen molar-refractivity contribution >= 4 is 29.0 Å². The molecule has 0 aliphatic rings. The number of hydrogen-bond donors (Lipinski definition) is 1. The number of hydrogen-bond acceptors (Lipinski definition) is 2. The van der Waals surface area contributed by atoms with E-state index in [4.69, 9.17) is 23.2 Å². The summed E-state index contributed by atoms with van der Waals surface area (Å²) in [7, 11) is 0. The number of benzene rings is 1. The average Bonchev–Trinajstić information content (AvgIpc) is 2.24. The summed E-state index contributed by atoms with van der Waals surface area (Å²) in [6, 6.07) is 5.22. The van der Waals surface area contributed by atoms with Gasteiger partial charge in [0.2, 0.25) is 0 Å². The first kappa shape index (κ1) is 13.2. The van der Waals surface area contributed by atoms with Crippen molar-refractivity contribution in [3.63, 3.8) is 0 Å². The molecule has 0 amide bonds. The van der Waals surface area contributed by atoms with Crippen LogP contribution in [0.1, 0.15) is 5.56 Å². The van der Waals surface area contributed by atoms with E-state index >= 15 is 0 Å². The topological polar surface area (TPSA) is 29.1 Å². The molecule has 16 heavy (non-hydrogen) atoms. The second kappa shape index (κ2) is 6.69. The third-order valence-electron chi connectivity index (χ3n) is 2.05. The van der Waals surface area contributed by atoms with E-state index in [2.05, 4.69) is 11.9 Å². The van der Waals surface area contributed by atoms with Gasteiger partial charge in [0.15, 0.2) is 5.78 Å². The van der Waals surface area contributed by atoms with Crippen molar-refractivity contribution in [1.82, 2.24) is 5.32 Å². The lowest BCUT2D eigenvalue weighted by Crippen LogP contribution is -2.24. The number of rotatable bonds is 6. The molecule has 1 aromatic carbocycles. The van der Waals surface area contributed by atoms with Crippen LogP contribution in [0.3, 0.4) is 0 Å². The first-order chi connectivity index (χ1) is 7.65. The van der Waals surface area contributed by atoms with Crippen molar-refractivity contribution in [1.29, 1.82) is 0 Å². The molecule has 1 aromatic rings. The van der Waals surface area contributed by atoms with Crippen molar-refractivity contribution in [2.24, 2.45) is 0 Å². The van der Waals surface area contributed by atoms with Gasteiger partial charge in [-0.3, -0.25) is 4.79 Å². The lowest BCUT2D eigenvalue weighted by atomic mass is 10.1. The minimum absolute atomic E-state index is 0.0526. The van der Waals surface area contributed by atoms with Gasteiger partial charge in [-0.25, -0.2) is 0 Å². The lowest BCUT2D eigenvalue weighted by Gasteiger charge is -2.06. The molecule has 0 aliphatic heterocycles.